The molecule has 0 unspecified atom stereocenters. The Morgan fingerprint density at radius 1 is 1.15 bits per heavy atom. The van der Waals surface area contributed by atoms with Gasteiger partial charge in [-0.15, -0.1) is 0 Å². The first-order valence-corrected chi connectivity index (χ1v) is 6.33. The number of imidazole rings is 1. The van der Waals surface area contributed by atoms with E-state index in [4.69, 9.17) is 4.74 Å². The highest BCUT2D eigenvalue weighted by Gasteiger charge is 2.13. The van der Waals surface area contributed by atoms with E-state index in [1.165, 1.54) is 7.11 Å². The molecule has 4 nitrogen and oxygen atoms in total. The number of rotatable bonds is 2. The molecule has 0 aliphatic carbocycles. The minimum atomic E-state index is -0.350. The number of esters is 1. The van der Waals surface area contributed by atoms with Crippen molar-refractivity contribution in [1.82, 2.24) is 9.38 Å². The highest BCUT2D eigenvalue weighted by atomic mass is 16.5. The Bertz CT molecular complexity index is 776. The average Bonchev–Trinajstić information content (AvgIpc) is 2.82. The number of carbonyl (C=O) groups is 1. The van der Waals surface area contributed by atoms with Crippen molar-refractivity contribution in [3.05, 3.63) is 59.9 Å². The van der Waals surface area contributed by atoms with Crippen molar-refractivity contribution in [3.63, 3.8) is 0 Å². The van der Waals surface area contributed by atoms with Gasteiger partial charge in [0.15, 0.2) is 0 Å². The van der Waals surface area contributed by atoms with E-state index in [9.17, 15) is 4.79 Å². The van der Waals surface area contributed by atoms with Gasteiger partial charge in [-0.05, 0) is 19.1 Å². The number of aromatic nitrogens is 2. The molecule has 0 aliphatic heterocycles. The summed E-state index contributed by atoms with van der Waals surface area (Å²) in [5.41, 5.74) is 4.31. The maximum absolute atomic E-state index is 11.7. The summed E-state index contributed by atoms with van der Waals surface area (Å²) in [6.45, 7) is 1.97. The van der Waals surface area contributed by atoms with E-state index in [2.05, 4.69) is 4.98 Å². The maximum atomic E-state index is 11.7. The lowest BCUT2D eigenvalue weighted by atomic mass is 10.1. The number of benzene rings is 1. The number of fused-ring (bicyclic) bond motifs is 1. The van der Waals surface area contributed by atoms with Gasteiger partial charge < -0.3 is 4.74 Å². The molecular weight excluding hydrogens is 252 g/mol. The van der Waals surface area contributed by atoms with Crippen LogP contribution in [-0.2, 0) is 4.74 Å². The maximum Gasteiger partial charge on any atom is 0.339 e. The van der Waals surface area contributed by atoms with Gasteiger partial charge in [-0.3, -0.25) is 4.40 Å². The number of hydrogen-bond acceptors (Lipinski definition) is 3. The number of aryl methyl sites for hydroxylation is 1. The minimum absolute atomic E-state index is 0.350. The van der Waals surface area contributed by atoms with E-state index >= 15 is 0 Å². The van der Waals surface area contributed by atoms with Crippen LogP contribution in [0.4, 0.5) is 0 Å². The average molecular weight is 266 g/mol. The molecule has 0 spiro atoms. The van der Waals surface area contributed by atoms with Gasteiger partial charge >= 0.3 is 5.97 Å². The summed E-state index contributed by atoms with van der Waals surface area (Å²) in [5, 5.41) is 0. The quantitative estimate of drug-likeness (QED) is 0.669. The summed E-state index contributed by atoms with van der Waals surface area (Å²) in [4.78, 5) is 16.2. The zero-order valence-corrected chi connectivity index (χ0v) is 11.3. The van der Waals surface area contributed by atoms with Crippen LogP contribution in [0.3, 0.4) is 0 Å². The first-order chi connectivity index (χ1) is 9.70. The van der Waals surface area contributed by atoms with E-state index in [0.29, 0.717) is 5.56 Å². The Morgan fingerprint density at radius 2 is 1.90 bits per heavy atom. The molecule has 1 aromatic carbocycles. The van der Waals surface area contributed by atoms with E-state index in [1.54, 1.807) is 12.3 Å². The lowest BCUT2D eigenvalue weighted by Gasteiger charge is -2.05. The first kappa shape index (κ1) is 12.4. The fourth-order valence-corrected chi connectivity index (χ4v) is 2.34. The highest BCUT2D eigenvalue weighted by Crippen LogP contribution is 2.25. The number of pyridine rings is 1. The third-order valence-electron chi connectivity index (χ3n) is 3.26. The molecule has 0 saturated carbocycles. The van der Waals surface area contributed by atoms with Crippen LogP contribution in [0.25, 0.3) is 16.9 Å². The molecule has 2 heterocycles. The van der Waals surface area contributed by atoms with Gasteiger partial charge in [0.2, 0.25) is 0 Å². The fourth-order valence-electron chi connectivity index (χ4n) is 2.34. The second-order valence-corrected chi connectivity index (χ2v) is 4.55. The van der Waals surface area contributed by atoms with E-state index in [0.717, 1.165) is 22.6 Å². The molecule has 20 heavy (non-hydrogen) atoms. The van der Waals surface area contributed by atoms with Crippen LogP contribution >= 0.6 is 0 Å². The van der Waals surface area contributed by atoms with Crippen molar-refractivity contribution in [2.45, 2.75) is 6.92 Å². The van der Waals surface area contributed by atoms with Gasteiger partial charge in [0, 0.05) is 11.8 Å². The molecule has 0 N–H and O–H groups in total. The summed E-state index contributed by atoms with van der Waals surface area (Å²) in [6, 6.07) is 13.6. The fraction of sp³-hybridized carbons (Fsp3) is 0.125. The Kier molecular flexibility index (Phi) is 2.99. The van der Waals surface area contributed by atoms with Gasteiger partial charge in [-0.1, -0.05) is 30.3 Å². The van der Waals surface area contributed by atoms with Crippen molar-refractivity contribution in [2.24, 2.45) is 0 Å². The van der Waals surface area contributed by atoms with Gasteiger partial charge in [0.05, 0.1) is 24.1 Å². The highest BCUT2D eigenvalue weighted by molar-refractivity contribution is 5.89. The predicted molar refractivity (Wildman–Crippen MR) is 76.7 cm³/mol. The molecule has 2 aromatic heterocycles. The van der Waals surface area contributed by atoms with Crippen molar-refractivity contribution in [3.8, 4) is 11.3 Å². The second-order valence-electron chi connectivity index (χ2n) is 4.55. The zero-order chi connectivity index (χ0) is 14.1. The lowest BCUT2D eigenvalue weighted by Crippen LogP contribution is -2.03. The van der Waals surface area contributed by atoms with Crippen molar-refractivity contribution >= 4 is 11.6 Å². The molecule has 4 heteroatoms. The molecule has 0 fully saturated rings. The summed E-state index contributed by atoms with van der Waals surface area (Å²) in [6.07, 6.45) is 1.77. The summed E-state index contributed by atoms with van der Waals surface area (Å²) in [7, 11) is 1.38. The van der Waals surface area contributed by atoms with Gasteiger partial charge in [-0.25, -0.2) is 9.78 Å². The lowest BCUT2D eigenvalue weighted by molar-refractivity contribution is 0.0600. The molecule has 3 rings (SSSR count). The van der Waals surface area contributed by atoms with Crippen molar-refractivity contribution in [2.75, 3.05) is 7.11 Å². The van der Waals surface area contributed by atoms with Crippen LogP contribution in [0.2, 0.25) is 0 Å². The van der Waals surface area contributed by atoms with Crippen LogP contribution in [0.15, 0.2) is 48.7 Å². The molecular formula is C16H14N2O2. The summed E-state index contributed by atoms with van der Waals surface area (Å²) in [5.74, 6) is -0.350. The van der Waals surface area contributed by atoms with Crippen LogP contribution in [0.5, 0.6) is 0 Å². The normalized spacial score (nSPS) is 10.7. The smallest absolute Gasteiger partial charge is 0.339 e. The Balaban J connectivity index is 2.26. The van der Waals surface area contributed by atoms with Crippen LogP contribution in [-0.4, -0.2) is 22.5 Å². The first-order valence-electron chi connectivity index (χ1n) is 6.33. The molecule has 0 bridgehead atoms. The molecule has 0 atom stereocenters. The summed E-state index contributed by atoms with van der Waals surface area (Å²) >= 11 is 0. The molecule has 0 amide bonds. The van der Waals surface area contributed by atoms with E-state index in [1.807, 2.05) is 47.7 Å². The predicted octanol–water partition coefficient (Wildman–Crippen LogP) is 3.10. The minimum Gasteiger partial charge on any atom is -0.465 e. The van der Waals surface area contributed by atoms with Gasteiger partial charge in [0.25, 0.3) is 0 Å². The zero-order valence-electron chi connectivity index (χ0n) is 11.3. The monoisotopic (exact) mass is 266 g/mol. The number of carbonyl (C=O) groups excluding carboxylic acids is 1. The molecule has 3 aromatic rings. The Labute approximate surface area is 116 Å². The largest absolute Gasteiger partial charge is 0.465 e. The molecule has 100 valence electrons. The number of ether oxygens (including phenoxy) is 1. The number of methoxy groups -OCH3 is 1. The topological polar surface area (TPSA) is 43.6 Å². The second kappa shape index (κ2) is 4.81. The van der Waals surface area contributed by atoms with Crippen LogP contribution in [0, 0.1) is 6.92 Å². The molecule has 0 radical (unpaired) electrons. The molecule has 0 aliphatic rings. The standard InChI is InChI=1S/C16H14N2O2/c1-11-15(12-6-4-3-5-7-12)18-10-13(16(19)20-2)8-9-14(18)17-11/h3-10H,1-2H3. The third-order valence-corrected chi connectivity index (χ3v) is 3.26. The SMILES string of the molecule is COC(=O)c1ccc2nc(C)c(-c3ccccc3)n2c1. The van der Waals surface area contributed by atoms with Gasteiger partial charge in [0.1, 0.15) is 5.65 Å². The molecule has 0 saturated heterocycles. The number of hydrogen-bond donors (Lipinski definition) is 0. The van der Waals surface area contributed by atoms with Crippen LogP contribution in [0.1, 0.15) is 16.1 Å². The van der Waals surface area contributed by atoms with Crippen LogP contribution < -0.4 is 0 Å². The Hall–Kier alpha value is -2.62. The summed E-state index contributed by atoms with van der Waals surface area (Å²) < 4.78 is 6.69. The van der Waals surface area contributed by atoms with Crippen molar-refractivity contribution in [1.29, 1.82) is 0 Å². The number of nitrogens with zero attached hydrogens (tertiary/aromatic N) is 2. The van der Waals surface area contributed by atoms with Crippen molar-refractivity contribution < 1.29 is 9.53 Å². The van der Waals surface area contributed by atoms with E-state index < -0.39 is 0 Å². The van der Waals surface area contributed by atoms with E-state index in [-0.39, 0.29) is 5.97 Å². The Morgan fingerprint density at radius 3 is 2.60 bits per heavy atom. The third kappa shape index (κ3) is 1.95. The van der Waals surface area contributed by atoms with Gasteiger partial charge in [-0.2, -0.15) is 0 Å².